The molecule has 0 aromatic heterocycles. The number of hydrogen-bond acceptors (Lipinski definition) is 3. The van der Waals surface area contributed by atoms with E-state index in [1.807, 2.05) is 12.1 Å². The second-order valence-corrected chi connectivity index (χ2v) is 7.49. The third-order valence-corrected chi connectivity index (χ3v) is 6.00. The van der Waals surface area contributed by atoms with Crippen LogP contribution in [-0.2, 0) is 9.53 Å². The summed E-state index contributed by atoms with van der Waals surface area (Å²) in [6.45, 7) is 1.51. The van der Waals surface area contributed by atoms with Crippen LogP contribution in [-0.4, -0.2) is 12.1 Å². The largest absolute Gasteiger partial charge is 0.463 e. The molecule has 1 aromatic carbocycles. The molecule has 2 aliphatic carbocycles. The second-order valence-electron chi connectivity index (χ2n) is 7.49. The summed E-state index contributed by atoms with van der Waals surface area (Å²) in [7, 11) is 0. The molecule has 0 aliphatic heterocycles. The molecular weight excluding hydrogens is 298 g/mol. The minimum absolute atomic E-state index is 0.138. The monoisotopic (exact) mass is 325 g/mol. The Bertz CT molecular complexity index is 585. The van der Waals surface area contributed by atoms with E-state index in [2.05, 4.69) is 18.2 Å². The molecule has 0 bridgehead atoms. The standard InChI is InChI=1S/C21H27NO2/c1-15(23)24-21-12-10-20(11-13-21)19-8-6-18(7-9-19)17-4-2-16(14-22)3-5-17/h2-5,18-21H,6-13H2,1H3. The quantitative estimate of drug-likeness (QED) is 0.738. The zero-order valence-corrected chi connectivity index (χ0v) is 14.5. The van der Waals surface area contributed by atoms with E-state index >= 15 is 0 Å². The van der Waals surface area contributed by atoms with Gasteiger partial charge in [0.05, 0.1) is 11.6 Å². The first-order valence-corrected chi connectivity index (χ1v) is 9.33. The van der Waals surface area contributed by atoms with Gasteiger partial charge >= 0.3 is 5.97 Å². The second kappa shape index (κ2) is 7.83. The van der Waals surface area contributed by atoms with Gasteiger partial charge in [-0.3, -0.25) is 4.79 Å². The molecule has 0 saturated heterocycles. The Kier molecular flexibility index (Phi) is 5.56. The Balaban J connectivity index is 1.47. The first-order chi connectivity index (χ1) is 11.7. The van der Waals surface area contributed by atoms with E-state index in [1.54, 1.807) is 0 Å². The van der Waals surface area contributed by atoms with Crippen molar-refractivity contribution in [2.24, 2.45) is 11.8 Å². The first-order valence-electron chi connectivity index (χ1n) is 9.33. The van der Waals surface area contributed by atoms with Crippen molar-refractivity contribution in [3.63, 3.8) is 0 Å². The highest BCUT2D eigenvalue weighted by Gasteiger charge is 2.32. The number of nitriles is 1. The summed E-state index contributed by atoms with van der Waals surface area (Å²) >= 11 is 0. The predicted octanol–water partition coefficient (Wildman–Crippen LogP) is 4.95. The normalized spacial score (nSPS) is 30.3. The van der Waals surface area contributed by atoms with Gasteiger partial charge in [0.2, 0.25) is 0 Å². The molecule has 0 atom stereocenters. The zero-order valence-electron chi connectivity index (χ0n) is 14.5. The molecule has 2 saturated carbocycles. The molecular formula is C21H27NO2. The lowest BCUT2D eigenvalue weighted by atomic mass is 9.69. The van der Waals surface area contributed by atoms with Crippen LogP contribution in [0.5, 0.6) is 0 Å². The van der Waals surface area contributed by atoms with Crippen molar-refractivity contribution in [3.8, 4) is 6.07 Å². The van der Waals surface area contributed by atoms with E-state index in [1.165, 1.54) is 51.0 Å². The Morgan fingerprint density at radius 2 is 1.50 bits per heavy atom. The SMILES string of the molecule is CC(=O)OC1CCC(C2CCC(c3ccc(C#N)cc3)CC2)CC1. The fourth-order valence-electron chi connectivity index (χ4n) is 4.67. The number of nitrogens with zero attached hydrogens (tertiary/aromatic N) is 1. The molecule has 2 aliphatic rings. The van der Waals surface area contributed by atoms with E-state index in [9.17, 15) is 4.79 Å². The highest BCUT2D eigenvalue weighted by atomic mass is 16.5. The van der Waals surface area contributed by atoms with Crippen LogP contribution in [0.1, 0.15) is 75.3 Å². The molecule has 128 valence electrons. The third-order valence-electron chi connectivity index (χ3n) is 6.00. The maximum absolute atomic E-state index is 11.1. The van der Waals surface area contributed by atoms with E-state index < -0.39 is 0 Å². The molecule has 3 nitrogen and oxygen atoms in total. The molecule has 0 N–H and O–H groups in total. The fourth-order valence-corrected chi connectivity index (χ4v) is 4.67. The summed E-state index contributed by atoms with van der Waals surface area (Å²) in [4.78, 5) is 11.1. The molecule has 24 heavy (non-hydrogen) atoms. The number of hydrogen-bond donors (Lipinski definition) is 0. The van der Waals surface area contributed by atoms with Gasteiger partial charge in [0.25, 0.3) is 0 Å². The van der Waals surface area contributed by atoms with Crippen LogP contribution >= 0.6 is 0 Å². The van der Waals surface area contributed by atoms with Gasteiger partial charge in [-0.05, 0) is 86.8 Å². The van der Waals surface area contributed by atoms with Crippen molar-refractivity contribution in [3.05, 3.63) is 35.4 Å². The van der Waals surface area contributed by atoms with Crippen molar-refractivity contribution in [1.29, 1.82) is 5.26 Å². The van der Waals surface area contributed by atoms with Crippen molar-refractivity contribution in [1.82, 2.24) is 0 Å². The van der Waals surface area contributed by atoms with Crippen molar-refractivity contribution >= 4 is 5.97 Å². The highest BCUT2D eigenvalue weighted by Crippen LogP contribution is 2.43. The minimum atomic E-state index is -0.138. The lowest BCUT2D eigenvalue weighted by Gasteiger charge is -2.37. The average molecular weight is 325 g/mol. The molecule has 3 heteroatoms. The number of esters is 1. The molecule has 0 unspecified atom stereocenters. The van der Waals surface area contributed by atoms with Gasteiger partial charge in [0.1, 0.15) is 6.10 Å². The van der Waals surface area contributed by atoms with Crippen molar-refractivity contribution in [2.75, 3.05) is 0 Å². The summed E-state index contributed by atoms with van der Waals surface area (Å²) in [5.74, 6) is 2.18. The summed E-state index contributed by atoms with van der Waals surface area (Å²) in [6, 6.07) is 10.3. The lowest BCUT2D eigenvalue weighted by Crippen LogP contribution is -2.29. The van der Waals surface area contributed by atoms with Crippen LogP contribution in [0, 0.1) is 23.2 Å². The summed E-state index contributed by atoms with van der Waals surface area (Å²) in [5.41, 5.74) is 2.14. The van der Waals surface area contributed by atoms with Gasteiger partial charge in [-0.2, -0.15) is 5.26 Å². The van der Waals surface area contributed by atoms with Crippen LogP contribution < -0.4 is 0 Å². The Hall–Kier alpha value is -1.82. The number of rotatable bonds is 3. The first kappa shape index (κ1) is 17.0. The van der Waals surface area contributed by atoms with Crippen LogP contribution in [0.2, 0.25) is 0 Å². The van der Waals surface area contributed by atoms with Crippen LogP contribution in [0.3, 0.4) is 0 Å². The third kappa shape index (κ3) is 4.17. The maximum Gasteiger partial charge on any atom is 0.302 e. The van der Waals surface area contributed by atoms with Gasteiger partial charge in [-0.25, -0.2) is 0 Å². The number of ether oxygens (including phenoxy) is 1. The molecule has 2 fully saturated rings. The van der Waals surface area contributed by atoms with Crippen LogP contribution in [0.4, 0.5) is 0 Å². The number of benzene rings is 1. The smallest absolute Gasteiger partial charge is 0.302 e. The summed E-state index contributed by atoms with van der Waals surface area (Å²) < 4.78 is 5.36. The molecule has 3 rings (SSSR count). The minimum Gasteiger partial charge on any atom is -0.463 e. The molecule has 0 spiro atoms. The maximum atomic E-state index is 11.1. The van der Waals surface area contributed by atoms with Crippen LogP contribution in [0.15, 0.2) is 24.3 Å². The molecule has 1 aromatic rings. The van der Waals surface area contributed by atoms with Gasteiger partial charge in [-0.1, -0.05) is 12.1 Å². The lowest BCUT2D eigenvalue weighted by molar-refractivity contribution is -0.148. The van der Waals surface area contributed by atoms with E-state index in [4.69, 9.17) is 10.00 Å². The molecule has 0 heterocycles. The van der Waals surface area contributed by atoms with Crippen LogP contribution in [0.25, 0.3) is 0 Å². The van der Waals surface area contributed by atoms with Crippen molar-refractivity contribution < 1.29 is 9.53 Å². The topological polar surface area (TPSA) is 50.1 Å². The zero-order chi connectivity index (χ0) is 16.9. The Morgan fingerprint density at radius 1 is 0.958 bits per heavy atom. The fraction of sp³-hybridized carbons (Fsp3) is 0.619. The van der Waals surface area contributed by atoms with Gasteiger partial charge < -0.3 is 4.74 Å². The summed E-state index contributed by atoms with van der Waals surface area (Å²) in [5, 5.41) is 8.91. The highest BCUT2D eigenvalue weighted by molar-refractivity contribution is 5.66. The van der Waals surface area contributed by atoms with Gasteiger partial charge in [0.15, 0.2) is 0 Å². The number of carbonyl (C=O) groups excluding carboxylic acids is 1. The molecule has 0 radical (unpaired) electrons. The Labute approximate surface area is 145 Å². The number of carbonyl (C=O) groups is 1. The Morgan fingerprint density at radius 3 is 2.00 bits per heavy atom. The predicted molar refractivity (Wildman–Crippen MR) is 93.4 cm³/mol. The van der Waals surface area contributed by atoms with E-state index in [-0.39, 0.29) is 12.1 Å². The summed E-state index contributed by atoms with van der Waals surface area (Å²) in [6.07, 6.45) is 9.82. The van der Waals surface area contributed by atoms with Crippen molar-refractivity contribution in [2.45, 2.75) is 70.3 Å². The van der Waals surface area contributed by atoms with Gasteiger partial charge in [-0.15, -0.1) is 0 Å². The molecule has 0 amide bonds. The average Bonchev–Trinajstić information content (AvgIpc) is 2.62. The van der Waals surface area contributed by atoms with E-state index in [0.717, 1.165) is 30.2 Å². The van der Waals surface area contributed by atoms with Gasteiger partial charge in [0, 0.05) is 6.92 Å². The van der Waals surface area contributed by atoms with E-state index in [0.29, 0.717) is 5.92 Å².